The SMILES string of the molecule is C=CCCCCOc1ccc(-c2ccc(OCCCC)cc2)cc1. The molecule has 24 heavy (non-hydrogen) atoms. The molecule has 0 saturated heterocycles. The summed E-state index contributed by atoms with van der Waals surface area (Å²) in [6.07, 6.45) is 7.45. The van der Waals surface area contributed by atoms with Gasteiger partial charge in [-0.15, -0.1) is 6.58 Å². The molecule has 0 bridgehead atoms. The van der Waals surface area contributed by atoms with Crippen molar-refractivity contribution in [2.45, 2.75) is 39.0 Å². The smallest absolute Gasteiger partial charge is 0.119 e. The van der Waals surface area contributed by atoms with Gasteiger partial charge in [0.05, 0.1) is 13.2 Å². The number of ether oxygens (including phenoxy) is 2. The molecule has 0 aliphatic rings. The molecule has 0 aliphatic heterocycles. The van der Waals surface area contributed by atoms with Crippen LogP contribution in [0.4, 0.5) is 0 Å². The maximum Gasteiger partial charge on any atom is 0.119 e. The maximum absolute atomic E-state index is 5.76. The standard InChI is InChI=1S/C22H28O2/c1-3-5-7-8-18-24-22-15-11-20(12-16-22)19-9-13-21(14-10-19)23-17-6-4-2/h3,9-16H,1,4-8,17-18H2,2H3. The molecule has 2 rings (SSSR count). The van der Waals surface area contributed by atoms with Gasteiger partial charge in [-0.3, -0.25) is 0 Å². The fourth-order valence-electron chi connectivity index (χ4n) is 2.40. The first kappa shape index (κ1) is 18.1. The van der Waals surface area contributed by atoms with E-state index in [1.165, 1.54) is 11.1 Å². The Bertz CT molecular complexity index is 584. The number of allylic oxidation sites excluding steroid dienone is 1. The van der Waals surface area contributed by atoms with Gasteiger partial charge in [0.15, 0.2) is 0 Å². The van der Waals surface area contributed by atoms with E-state index in [0.29, 0.717) is 0 Å². The summed E-state index contributed by atoms with van der Waals surface area (Å²) in [5.41, 5.74) is 2.38. The van der Waals surface area contributed by atoms with Crippen molar-refractivity contribution in [1.29, 1.82) is 0 Å². The molecule has 2 nitrogen and oxygen atoms in total. The van der Waals surface area contributed by atoms with E-state index in [4.69, 9.17) is 9.47 Å². The molecule has 128 valence electrons. The second-order valence-electron chi connectivity index (χ2n) is 5.88. The van der Waals surface area contributed by atoms with Crippen molar-refractivity contribution < 1.29 is 9.47 Å². The topological polar surface area (TPSA) is 18.5 Å². The summed E-state index contributed by atoms with van der Waals surface area (Å²) in [5.74, 6) is 1.86. The van der Waals surface area contributed by atoms with Crippen LogP contribution < -0.4 is 9.47 Å². The van der Waals surface area contributed by atoms with Crippen LogP contribution in [0.2, 0.25) is 0 Å². The lowest BCUT2D eigenvalue weighted by Gasteiger charge is -2.08. The Morgan fingerprint density at radius 3 is 1.71 bits per heavy atom. The average Bonchev–Trinajstić information content (AvgIpc) is 2.63. The van der Waals surface area contributed by atoms with Gasteiger partial charge in [-0.05, 0) is 61.1 Å². The van der Waals surface area contributed by atoms with Crippen LogP contribution in [-0.2, 0) is 0 Å². The van der Waals surface area contributed by atoms with E-state index in [-0.39, 0.29) is 0 Å². The van der Waals surface area contributed by atoms with E-state index in [1.807, 2.05) is 30.3 Å². The zero-order chi connectivity index (χ0) is 17.0. The summed E-state index contributed by atoms with van der Waals surface area (Å²) in [6, 6.07) is 16.6. The predicted octanol–water partition coefficient (Wildman–Crippen LogP) is 6.27. The molecule has 0 N–H and O–H groups in total. The van der Waals surface area contributed by atoms with Crippen LogP contribution in [0, 0.1) is 0 Å². The first-order valence-corrected chi connectivity index (χ1v) is 8.90. The van der Waals surface area contributed by atoms with Crippen molar-refractivity contribution in [2.75, 3.05) is 13.2 Å². The van der Waals surface area contributed by atoms with Crippen molar-refractivity contribution in [3.05, 3.63) is 61.2 Å². The molecular weight excluding hydrogens is 296 g/mol. The first-order chi connectivity index (χ1) is 11.8. The van der Waals surface area contributed by atoms with Gasteiger partial charge in [-0.1, -0.05) is 43.7 Å². The van der Waals surface area contributed by atoms with E-state index in [9.17, 15) is 0 Å². The van der Waals surface area contributed by atoms with E-state index in [2.05, 4.69) is 37.8 Å². The molecule has 0 aliphatic carbocycles. The Morgan fingerprint density at radius 1 is 0.750 bits per heavy atom. The van der Waals surface area contributed by atoms with Crippen molar-refractivity contribution in [2.24, 2.45) is 0 Å². The van der Waals surface area contributed by atoms with Crippen LogP contribution in [0.15, 0.2) is 61.2 Å². The summed E-state index contributed by atoms with van der Waals surface area (Å²) < 4.78 is 11.5. The lowest BCUT2D eigenvalue weighted by atomic mass is 10.1. The molecule has 0 atom stereocenters. The molecule has 2 aromatic rings. The van der Waals surface area contributed by atoms with Gasteiger partial charge < -0.3 is 9.47 Å². The van der Waals surface area contributed by atoms with E-state index in [0.717, 1.165) is 56.8 Å². The fourth-order valence-corrected chi connectivity index (χ4v) is 2.40. The van der Waals surface area contributed by atoms with E-state index < -0.39 is 0 Å². The maximum atomic E-state index is 5.76. The molecule has 0 spiro atoms. The third-order valence-corrected chi connectivity index (χ3v) is 3.88. The molecule has 2 heteroatoms. The minimum absolute atomic E-state index is 0.761. The highest BCUT2D eigenvalue weighted by atomic mass is 16.5. The minimum atomic E-state index is 0.761. The highest BCUT2D eigenvalue weighted by Gasteiger charge is 2.00. The molecule has 0 saturated carbocycles. The highest BCUT2D eigenvalue weighted by molar-refractivity contribution is 5.64. The minimum Gasteiger partial charge on any atom is -0.494 e. The average molecular weight is 324 g/mol. The molecule has 0 heterocycles. The van der Waals surface area contributed by atoms with Crippen LogP contribution >= 0.6 is 0 Å². The molecule has 0 radical (unpaired) electrons. The largest absolute Gasteiger partial charge is 0.494 e. The van der Waals surface area contributed by atoms with Gasteiger partial charge in [0.1, 0.15) is 11.5 Å². The number of benzene rings is 2. The summed E-state index contributed by atoms with van der Waals surface area (Å²) in [5, 5.41) is 0. The van der Waals surface area contributed by atoms with Crippen LogP contribution in [0.25, 0.3) is 11.1 Å². The van der Waals surface area contributed by atoms with Crippen LogP contribution in [-0.4, -0.2) is 13.2 Å². The van der Waals surface area contributed by atoms with Gasteiger partial charge in [0.2, 0.25) is 0 Å². The number of hydrogen-bond acceptors (Lipinski definition) is 2. The van der Waals surface area contributed by atoms with Gasteiger partial charge in [-0.25, -0.2) is 0 Å². The van der Waals surface area contributed by atoms with E-state index >= 15 is 0 Å². The van der Waals surface area contributed by atoms with Crippen molar-refractivity contribution in [3.63, 3.8) is 0 Å². The number of unbranched alkanes of at least 4 members (excludes halogenated alkanes) is 3. The monoisotopic (exact) mass is 324 g/mol. The molecule has 2 aromatic carbocycles. The van der Waals surface area contributed by atoms with Gasteiger partial charge in [0, 0.05) is 0 Å². The fraction of sp³-hybridized carbons (Fsp3) is 0.364. The Morgan fingerprint density at radius 2 is 1.25 bits per heavy atom. The third kappa shape index (κ3) is 6.11. The summed E-state index contributed by atoms with van der Waals surface area (Å²) in [4.78, 5) is 0. The van der Waals surface area contributed by atoms with Crippen LogP contribution in [0.5, 0.6) is 11.5 Å². The number of rotatable bonds is 11. The second kappa shape index (κ2) is 10.5. The Kier molecular flexibility index (Phi) is 7.96. The normalized spacial score (nSPS) is 10.4. The Labute approximate surface area is 146 Å². The van der Waals surface area contributed by atoms with Gasteiger partial charge in [-0.2, -0.15) is 0 Å². The van der Waals surface area contributed by atoms with Crippen molar-refractivity contribution >= 4 is 0 Å². The summed E-state index contributed by atoms with van der Waals surface area (Å²) >= 11 is 0. The first-order valence-electron chi connectivity index (χ1n) is 8.90. The quantitative estimate of drug-likeness (QED) is 0.358. The molecule has 0 amide bonds. The highest BCUT2D eigenvalue weighted by Crippen LogP contribution is 2.24. The van der Waals surface area contributed by atoms with Crippen molar-refractivity contribution in [1.82, 2.24) is 0 Å². The van der Waals surface area contributed by atoms with Gasteiger partial charge in [0.25, 0.3) is 0 Å². The van der Waals surface area contributed by atoms with E-state index in [1.54, 1.807) is 0 Å². The number of hydrogen-bond donors (Lipinski definition) is 0. The van der Waals surface area contributed by atoms with Crippen LogP contribution in [0.3, 0.4) is 0 Å². The second-order valence-corrected chi connectivity index (χ2v) is 5.88. The summed E-state index contributed by atoms with van der Waals surface area (Å²) in [7, 11) is 0. The lowest BCUT2D eigenvalue weighted by molar-refractivity contribution is 0.307. The summed E-state index contributed by atoms with van der Waals surface area (Å²) in [6.45, 7) is 7.45. The zero-order valence-electron chi connectivity index (χ0n) is 14.7. The Balaban J connectivity index is 1.84. The third-order valence-electron chi connectivity index (χ3n) is 3.88. The van der Waals surface area contributed by atoms with Gasteiger partial charge >= 0.3 is 0 Å². The molecule has 0 aromatic heterocycles. The predicted molar refractivity (Wildman–Crippen MR) is 102 cm³/mol. The zero-order valence-corrected chi connectivity index (χ0v) is 14.7. The molecule has 0 fully saturated rings. The molecular formula is C22H28O2. The van der Waals surface area contributed by atoms with Crippen LogP contribution in [0.1, 0.15) is 39.0 Å². The molecule has 0 unspecified atom stereocenters. The van der Waals surface area contributed by atoms with Crippen molar-refractivity contribution in [3.8, 4) is 22.6 Å². The lowest BCUT2D eigenvalue weighted by Crippen LogP contribution is -1.97. The Hall–Kier alpha value is -2.22.